The van der Waals surface area contributed by atoms with E-state index in [1.165, 1.54) is 0 Å². The van der Waals surface area contributed by atoms with E-state index in [1.807, 2.05) is 0 Å². The Balaban J connectivity index is 2.77. The van der Waals surface area contributed by atoms with Crippen molar-refractivity contribution in [1.29, 1.82) is 0 Å². The Hall–Kier alpha value is -1.03. The standard InChI is InChI=1S/C9H16N2O2/c1-7(2)5-11-9(12)4-8(10-11)6-13-3/h4,7,10H,5-6H2,1-3H3. The predicted octanol–water partition coefficient (Wildman–Crippen LogP) is 0.979. The molecule has 0 unspecified atom stereocenters. The molecule has 4 nitrogen and oxygen atoms in total. The van der Waals surface area contributed by atoms with Crippen LogP contribution in [0.4, 0.5) is 0 Å². The van der Waals surface area contributed by atoms with Crippen LogP contribution in [0.3, 0.4) is 0 Å². The van der Waals surface area contributed by atoms with E-state index < -0.39 is 0 Å². The molecule has 0 atom stereocenters. The number of aromatic nitrogens is 2. The smallest absolute Gasteiger partial charge is 0.266 e. The van der Waals surface area contributed by atoms with E-state index in [-0.39, 0.29) is 5.56 Å². The van der Waals surface area contributed by atoms with Gasteiger partial charge in [-0.2, -0.15) is 0 Å². The molecule has 1 N–H and O–H groups in total. The Morgan fingerprint density at radius 2 is 2.31 bits per heavy atom. The zero-order valence-corrected chi connectivity index (χ0v) is 8.33. The van der Waals surface area contributed by atoms with Crippen molar-refractivity contribution >= 4 is 0 Å². The lowest BCUT2D eigenvalue weighted by Gasteiger charge is -2.04. The number of rotatable bonds is 4. The van der Waals surface area contributed by atoms with Crippen molar-refractivity contribution in [2.24, 2.45) is 5.92 Å². The third-order valence-corrected chi connectivity index (χ3v) is 1.69. The van der Waals surface area contributed by atoms with Crippen LogP contribution in [-0.2, 0) is 17.9 Å². The summed E-state index contributed by atoms with van der Waals surface area (Å²) in [7, 11) is 1.61. The van der Waals surface area contributed by atoms with E-state index in [9.17, 15) is 4.79 Å². The number of aromatic amines is 1. The van der Waals surface area contributed by atoms with Crippen molar-refractivity contribution in [2.75, 3.05) is 7.11 Å². The number of H-pyrrole nitrogens is 1. The van der Waals surface area contributed by atoms with Gasteiger partial charge in [-0.3, -0.25) is 14.6 Å². The Kier molecular flexibility index (Phi) is 3.31. The zero-order valence-electron chi connectivity index (χ0n) is 8.33. The second-order valence-corrected chi connectivity index (χ2v) is 3.56. The maximum Gasteiger partial charge on any atom is 0.266 e. The van der Waals surface area contributed by atoms with Crippen LogP contribution in [-0.4, -0.2) is 16.9 Å². The summed E-state index contributed by atoms with van der Waals surface area (Å²) in [5.74, 6) is 0.465. The van der Waals surface area contributed by atoms with E-state index >= 15 is 0 Å². The van der Waals surface area contributed by atoms with E-state index in [0.717, 1.165) is 12.2 Å². The van der Waals surface area contributed by atoms with Crippen LogP contribution in [0.2, 0.25) is 0 Å². The number of ether oxygens (including phenoxy) is 1. The lowest BCUT2D eigenvalue weighted by Crippen LogP contribution is -2.18. The van der Waals surface area contributed by atoms with E-state index in [4.69, 9.17) is 4.74 Å². The zero-order chi connectivity index (χ0) is 9.84. The minimum Gasteiger partial charge on any atom is -0.378 e. The maximum absolute atomic E-state index is 11.3. The highest BCUT2D eigenvalue weighted by Crippen LogP contribution is 1.97. The third-order valence-electron chi connectivity index (χ3n) is 1.69. The molecule has 0 aliphatic rings. The summed E-state index contributed by atoms with van der Waals surface area (Å²) in [4.78, 5) is 11.3. The van der Waals surface area contributed by atoms with E-state index in [2.05, 4.69) is 18.9 Å². The Bertz CT molecular complexity index is 312. The number of nitrogens with zero attached hydrogens (tertiary/aromatic N) is 1. The topological polar surface area (TPSA) is 47.0 Å². The first-order chi connectivity index (χ1) is 6.13. The molecule has 0 aliphatic heterocycles. The van der Waals surface area contributed by atoms with Crippen molar-refractivity contribution in [3.05, 3.63) is 22.1 Å². The highest BCUT2D eigenvalue weighted by Gasteiger charge is 2.03. The first kappa shape index (κ1) is 10.1. The van der Waals surface area contributed by atoms with Crippen LogP contribution in [0.15, 0.2) is 10.9 Å². The third kappa shape index (κ3) is 2.73. The summed E-state index contributed by atoms with van der Waals surface area (Å²) in [6.45, 7) is 5.33. The number of hydrogen-bond donors (Lipinski definition) is 1. The van der Waals surface area contributed by atoms with Crippen molar-refractivity contribution in [3.63, 3.8) is 0 Å². The Labute approximate surface area is 77.5 Å². The molecule has 0 saturated carbocycles. The molecule has 4 heteroatoms. The van der Waals surface area contributed by atoms with Crippen LogP contribution < -0.4 is 5.56 Å². The first-order valence-electron chi connectivity index (χ1n) is 4.41. The van der Waals surface area contributed by atoms with Gasteiger partial charge >= 0.3 is 0 Å². The van der Waals surface area contributed by atoms with Crippen molar-refractivity contribution in [2.45, 2.75) is 27.0 Å². The molecule has 74 valence electrons. The van der Waals surface area contributed by atoms with E-state index in [0.29, 0.717) is 12.5 Å². The highest BCUT2D eigenvalue weighted by molar-refractivity contribution is 4.97. The molecule has 0 spiro atoms. The van der Waals surface area contributed by atoms with Crippen LogP contribution in [0.5, 0.6) is 0 Å². The van der Waals surface area contributed by atoms with Gasteiger partial charge in [-0.1, -0.05) is 13.8 Å². The van der Waals surface area contributed by atoms with Crippen molar-refractivity contribution < 1.29 is 4.74 Å². The molecule has 0 aromatic carbocycles. The summed E-state index contributed by atoms with van der Waals surface area (Å²) in [6.07, 6.45) is 0. The average Bonchev–Trinajstić information content (AvgIpc) is 2.31. The molecule has 1 heterocycles. The van der Waals surface area contributed by atoms with Crippen LogP contribution in [0.1, 0.15) is 19.5 Å². The highest BCUT2D eigenvalue weighted by atomic mass is 16.5. The summed E-state index contributed by atoms with van der Waals surface area (Å²) in [5.41, 5.74) is 0.842. The lowest BCUT2D eigenvalue weighted by atomic mass is 10.2. The second-order valence-electron chi connectivity index (χ2n) is 3.56. The van der Waals surface area contributed by atoms with E-state index in [1.54, 1.807) is 17.9 Å². The molecule has 1 aromatic rings. The molecule has 0 saturated heterocycles. The van der Waals surface area contributed by atoms with Crippen molar-refractivity contribution in [1.82, 2.24) is 9.78 Å². The van der Waals surface area contributed by atoms with Gasteiger partial charge < -0.3 is 4.74 Å². The number of nitrogens with one attached hydrogen (secondary N) is 1. The molecule has 0 fully saturated rings. The van der Waals surface area contributed by atoms with Crippen LogP contribution in [0.25, 0.3) is 0 Å². The second kappa shape index (κ2) is 4.28. The minimum absolute atomic E-state index is 0.0146. The fourth-order valence-electron chi connectivity index (χ4n) is 1.22. The van der Waals surface area contributed by atoms with Crippen LogP contribution in [0, 0.1) is 5.92 Å². The monoisotopic (exact) mass is 184 g/mol. The maximum atomic E-state index is 11.3. The average molecular weight is 184 g/mol. The SMILES string of the molecule is COCc1cc(=O)n(CC(C)C)[nH]1. The molecular formula is C9H16N2O2. The lowest BCUT2D eigenvalue weighted by molar-refractivity contribution is 0.180. The van der Waals surface area contributed by atoms with Gasteiger partial charge in [-0.25, -0.2) is 0 Å². The van der Waals surface area contributed by atoms with Gasteiger partial charge in [-0.15, -0.1) is 0 Å². The molecule has 13 heavy (non-hydrogen) atoms. The quantitative estimate of drug-likeness (QED) is 0.758. The Morgan fingerprint density at radius 1 is 1.62 bits per heavy atom. The first-order valence-corrected chi connectivity index (χ1v) is 4.41. The van der Waals surface area contributed by atoms with Gasteiger partial charge in [-0.05, 0) is 5.92 Å². The molecule has 1 aromatic heterocycles. The Morgan fingerprint density at radius 3 is 2.85 bits per heavy atom. The molecule has 1 rings (SSSR count). The van der Waals surface area contributed by atoms with Crippen LogP contribution >= 0.6 is 0 Å². The summed E-state index contributed by atoms with van der Waals surface area (Å²) < 4.78 is 6.53. The molecular weight excluding hydrogens is 168 g/mol. The van der Waals surface area contributed by atoms with Crippen molar-refractivity contribution in [3.8, 4) is 0 Å². The fourth-order valence-corrected chi connectivity index (χ4v) is 1.22. The molecule has 0 radical (unpaired) electrons. The largest absolute Gasteiger partial charge is 0.378 e. The van der Waals surface area contributed by atoms with Gasteiger partial charge in [0.2, 0.25) is 0 Å². The molecule has 0 aliphatic carbocycles. The fraction of sp³-hybridized carbons (Fsp3) is 0.667. The molecule has 0 bridgehead atoms. The van der Waals surface area contributed by atoms with Gasteiger partial charge in [0.1, 0.15) is 0 Å². The summed E-state index contributed by atoms with van der Waals surface area (Å²) in [5, 5.41) is 2.99. The van der Waals surface area contributed by atoms with Gasteiger partial charge in [0.05, 0.1) is 12.3 Å². The predicted molar refractivity (Wildman–Crippen MR) is 50.6 cm³/mol. The minimum atomic E-state index is 0.0146. The number of hydrogen-bond acceptors (Lipinski definition) is 2. The number of methoxy groups -OCH3 is 1. The van der Waals surface area contributed by atoms with Gasteiger partial charge in [0, 0.05) is 19.7 Å². The van der Waals surface area contributed by atoms with Gasteiger partial charge in [0.15, 0.2) is 0 Å². The molecule has 0 amide bonds. The van der Waals surface area contributed by atoms with Gasteiger partial charge in [0.25, 0.3) is 5.56 Å². The summed E-state index contributed by atoms with van der Waals surface area (Å²) >= 11 is 0. The summed E-state index contributed by atoms with van der Waals surface area (Å²) in [6, 6.07) is 1.58. The normalized spacial score (nSPS) is 11.1.